The molecule has 2 rings (SSSR count). The number of nitrogens with zero attached hydrogens (tertiary/aromatic N) is 4. The van der Waals surface area contributed by atoms with E-state index in [-0.39, 0.29) is 30.0 Å². The van der Waals surface area contributed by atoms with Crippen LogP contribution in [0.1, 0.15) is 18.0 Å². The number of aromatic nitrogens is 2. The van der Waals surface area contributed by atoms with Crippen molar-refractivity contribution in [1.29, 1.82) is 0 Å². The molecule has 0 amide bonds. The molecule has 29 heavy (non-hydrogen) atoms. The molecular formula is C20H33IN6O2. The van der Waals surface area contributed by atoms with Gasteiger partial charge in [-0.1, -0.05) is 6.07 Å². The lowest BCUT2D eigenvalue weighted by atomic mass is 10.1. The first-order valence-corrected chi connectivity index (χ1v) is 9.38. The van der Waals surface area contributed by atoms with Gasteiger partial charge >= 0.3 is 0 Å². The third-order valence-electron chi connectivity index (χ3n) is 4.28. The number of hydrogen-bond acceptors (Lipinski definition) is 5. The molecule has 0 aliphatic carbocycles. The number of hydrogen-bond donors (Lipinski definition) is 2. The Morgan fingerprint density at radius 2 is 2.10 bits per heavy atom. The van der Waals surface area contributed by atoms with Crippen molar-refractivity contribution >= 4 is 35.6 Å². The maximum Gasteiger partial charge on any atom is 0.195 e. The van der Waals surface area contributed by atoms with Crippen molar-refractivity contribution in [3.8, 4) is 5.75 Å². The summed E-state index contributed by atoms with van der Waals surface area (Å²) in [7, 11) is 9.49. The van der Waals surface area contributed by atoms with Crippen LogP contribution in [-0.2, 0) is 11.8 Å². The molecule has 1 heterocycles. The quantitative estimate of drug-likeness (QED) is 0.219. The molecule has 1 unspecified atom stereocenters. The van der Waals surface area contributed by atoms with Crippen LogP contribution >= 0.6 is 24.0 Å². The topological polar surface area (TPSA) is 75.9 Å². The summed E-state index contributed by atoms with van der Waals surface area (Å²) in [5.74, 6) is 1.52. The van der Waals surface area contributed by atoms with E-state index in [0.29, 0.717) is 25.7 Å². The second kappa shape index (κ2) is 13.4. The summed E-state index contributed by atoms with van der Waals surface area (Å²) >= 11 is 0. The van der Waals surface area contributed by atoms with Gasteiger partial charge in [-0.2, -0.15) is 5.10 Å². The second-order valence-corrected chi connectivity index (χ2v) is 6.73. The molecule has 0 bridgehead atoms. The second-order valence-electron chi connectivity index (χ2n) is 6.73. The molecule has 2 N–H and O–H groups in total. The first kappa shape index (κ1) is 25.2. The Morgan fingerprint density at radius 1 is 1.31 bits per heavy atom. The van der Waals surface area contributed by atoms with E-state index in [0.717, 1.165) is 23.4 Å². The van der Waals surface area contributed by atoms with Gasteiger partial charge in [-0.25, -0.2) is 0 Å². The lowest BCUT2D eigenvalue weighted by molar-refractivity contribution is 0.172. The van der Waals surface area contributed by atoms with Crippen molar-refractivity contribution in [2.45, 2.75) is 12.5 Å². The molecule has 0 aliphatic heterocycles. The van der Waals surface area contributed by atoms with Crippen LogP contribution in [0.15, 0.2) is 41.7 Å². The molecule has 0 spiro atoms. The Bertz CT molecular complexity index is 750. The van der Waals surface area contributed by atoms with Gasteiger partial charge in [0, 0.05) is 64.3 Å². The largest absolute Gasteiger partial charge is 0.493 e. The molecule has 8 nitrogen and oxygen atoms in total. The Morgan fingerprint density at radius 3 is 2.72 bits per heavy atom. The van der Waals surface area contributed by atoms with Gasteiger partial charge in [0.1, 0.15) is 5.75 Å². The minimum absolute atomic E-state index is 0. The number of likely N-dealkylation sites (N-methyl/N-ethyl adjacent to an activating group) is 1. The number of aryl methyl sites for hydroxylation is 1. The Kier molecular flexibility index (Phi) is 11.6. The van der Waals surface area contributed by atoms with E-state index in [9.17, 15) is 0 Å². The molecular weight excluding hydrogens is 483 g/mol. The van der Waals surface area contributed by atoms with Gasteiger partial charge < -0.3 is 25.0 Å². The van der Waals surface area contributed by atoms with Crippen LogP contribution in [0, 0.1) is 0 Å². The van der Waals surface area contributed by atoms with Gasteiger partial charge in [0.25, 0.3) is 0 Å². The average molecular weight is 516 g/mol. The number of anilines is 1. The highest BCUT2D eigenvalue weighted by atomic mass is 127. The molecule has 9 heteroatoms. The first-order valence-electron chi connectivity index (χ1n) is 9.38. The van der Waals surface area contributed by atoms with E-state index in [1.165, 1.54) is 0 Å². The van der Waals surface area contributed by atoms with Gasteiger partial charge in [-0.05, 0) is 26.2 Å². The molecule has 0 radical (unpaired) electrons. The molecule has 1 atom stereocenters. The minimum Gasteiger partial charge on any atom is -0.493 e. The van der Waals surface area contributed by atoms with Crippen molar-refractivity contribution < 1.29 is 9.47 Å². The lowest BCUT2D eigenvalue weighted by Crippen LogP contribution is -2.37. The highest BCUT2D eigenvalue weighted by Crippen LogP contribution is 2.18. The molecule has 0 saturated heterocycles. The summed E-state index contributed by atoms with van der Waals surface area (Å²) in [4.78, 5) is 6.49. The third-order valence-corrected chi connectivity index (χ3v) is 4.28. The highest BCUT2D eigenvalue weighted by molar-refractivity contribution is 14.0. The normalized spacial score (nSPS) is 12.4. The predicted molar refractivity (Wildman–Crippen MR) is 128 cm³/mol. The SMILES string of the molecule is CN=C(NCC(c1cnn(C)c1)N(C)C)Nc1cccc(OCCCOC)c1.I. The smallest absolute Gasteiger partial charge is 0.195 e. The molecule has 2 aromatic rings. The van der Waals surface area contributed by atoms with E-state index < -0.39 is 0 Å². The zero-order valence-electron chi connectivity index (χ0n) is 17.9. The summed E-state index contributed by atoms with van der Waals surface area (Å²) < 4.78 is 12.6. The highest BCUT2D eigenvalue weighted by Gasteiger charge is 2.16. The van der Waals surface area contributed by atoms with E-state index in [1.807, 2.05) is 48.4 Å². The van der Waals surface area contributed by atoms with Crippen molar-refractivity contribution in [2.24, 2.45) is 12.0 Å². The van der Waals surface area contributed by atoms with E-state index in [4.69, 9.17) is 9.47 Å². The Balaban J connectivity index is 0.00000420. The fourth-order valence-electron chi connectivity index (χ4n) is 2.78. The lowest BCUT2D eigenvalue weighted by Gasteiger charge is -2.24. The fraction of sp³-hybridized carbons (Fsp3) is 0.500. The molecule has 162 valence electrons. The molecule has 1 aromatic heterocycles. The van der Waals surface area contributed by atoms with Crippen LogP contribution in [0.25, 0.3) is 0 Å². The number of methoxy groups -OCH3 is 1. The van der Waals surface area contributed by atoms with Crippen LogP contribution in [-0.4, -0.2) is 68.7 Å². The molecule has 1 aromatic carbocycles. The third kappa shape index (κ3) is 8.58. The number of rotatable bonds is 10. The maximum absolute atomic E-state index is 5.76. The van der Waals surface area contributed by atoms with Gasteiger partial charge in [0.15, 0.2) is 5.96 Å². The number of halogens is 1. The number of nitrogens with one attached hydrogen (secondary N) is 2. The summed E-state index contributed by atoms with van der Waals surface area (Å²) in [5.41, 5.74) is 2.07. The van der Waals surface area contributed by atoms with Crippen molar-refractivity contribution in [3.05, 3.63) is 42.2 Å². The first-order chi connectivity index (χ1) is 13.5. The van der Waals surface area contributed by atoms with Gasteiger partial charge in [0.05, 0.1) is 18.8 Å². The average Bonchev–Trinajstić information content (AvgIpc) is 3.10. The van der Waals surface area contributed by atoms with Crippen LogP contribution in [0.4, 0.5) is 5.69 Å². The van der Waals surface area contributed by atoms with Crippen molar-refractivity contribution in [1.82, 2.24) is 20.0 Å². The van der Waals surface area contributed by atoms with Gasteiger partial charge in [-0.3, -0.25) is 9.67 Å². The van der Waals surface area contributed by atoms with Crippen LogP contribution in [0.2, 0.25) is 0 Å². The summed E-state index contributed by atoms with van der Waals surface area (Å²) in [6, 6.07) is 8.03. The molecule has 0 aliphatic rings. The van der Waals surface area contributed by atoms with E-state index in [1.54, 1.807) is 14.2 Å². The zero-order valence-corrected chi connectivity index (χ0v) is 20.2. The van der Waals surface area contributed by atoms with Crippen LogP contribution in [0.5, 0.6) is 5.75 Å². The van der Waals surface area contributed by atoms with Crippen LogP contribution in [0.3, 0.4) is 0 Å². The van der Waals surface area contributed by atoms with Gasteiger partial charge in [0.2, 0.25) is 0 Å². The van der Waals surface area contributed by atoms with E-state index >= 15 is 0 Å². The molecule has 0 saturated carbocycles. The monoisotopic (exact) mass is 516 g/mol. The standard InChI is InChI=1S/C20H32N6O2.HI/c1-21-20(22-14-19(25(2)3)16-13-23-26(4)15-16)24-17-8-6-9-18(12-17)28-11-7-10-27-5;/h6,8-9,12-13,15,19H,7,10-11,14H2,1-5H3,(H2,21,22,24);1H. The number of aliphatic imine (C=N–C) groups is 1. The summed E-state index contributed by atoms with van der Waals surface area (Å²) in [5, 5.41) is 11.0. The number of benzene rings is 1. The number of guanidine groups is 1. The maximum atomic E-state index is 5.76. The van der Waals surface area contributed by atoms with E-state index in [2.05, 4.69) is 39.7 Å². The molecule has 0 fully saturated rings. The summed E-state index contributed by atoms with van der Waals surface area (Å²) in [6.45, 7) is 2.02. The van der Waals surface area contributed by atoms with Crippen LogP contribution < -0.4 is 15.4 Å². The Hall–Kier alpha value is -1.85. The fourth-order valence-corrected chi connectivity index (χ4v) is 2.78. The van der Waals surface area contributed by atoms with Crippen molar-refractivity contribution in [3.63, 3.8) is 0 Å². The minimum atomic E-state index is 0. The Labute approximate surface area is 190 Å². The number of ether oxygens (including phenoxy) is 2. The van der Waals surface area contributed by atoms with Gasteiger partial charge in [-0.15, -0.1) is 24.0 Å². The predicted octanol–water partition coefficient (Wildman–Crippen LogP) is 2.74. The summed E-state index contributed by atoms with van der Waals surface area (Å²) in [6.07, 6.45) is 4.79. The zero-order chi connectivity index (χ0) is 20.4. The van der Waals surface area contributed by atoms with Crippen molar-refractivity contribution in [2.75, 3.05) is 53.3 Å².